The molecule has 0 radical (unpaired) electrons. The van der Waals surface area contributed by atoms with Crippen molar-refractivity contribution < 1.29 is 4.79 Å². The zero-order valence-electron chi connectivity index (χ0n) is 17.6. The lowest BCUT2D eigenvalue weighted by Crippen LogP contribution is -2.33. The predicted octanol–water partition coefficient (Wildman–Crippen LogP) is 4.85. The molecule has 0 N–H and O–H groups in total. The Bertz CT molecular complexity index is 1100. The van der Waals surface area contributed by atoms with E-state index in [-0.39, 0.29) is 22.6 Å². The lowest BCUT2D eigenvalue weighted by molar-refractivity contribution is -0.129. The molecule has 5 nitrogen and oxygen atoms in total. The summed E-state index contributed by atoms with van der Waals surface area (Å²) in [5.74, 6) is 0.248. The highest BCUT2D eigenvalue weighted by Gasteiger charge is 2.22. The number of carbonyl (C=O) groups excluding carboxylic acids is 1. The third kappa shape index (κ3) is 5.24. The van der Waals surface area contributed by atoms with Crippen LogP contribution in [0, 0.1) is 5.92 Å². The van der Waals surface area contributed by atoms with Gasteiger partial charge in [0.05, 0.1) is 16.2 Å². The van der Waals surface area contributed by atoms with Gasteiger partial charge >= 0.3 is 0 Å². The molecule has 2 aromatic carbocycles. The summed E-state index contributed by atoms with van der Waals surface area (Å²) < 4.78 is 1.66. The Morgan fingerprint density at radius 3 is 2.53 bits per heavy atom. The van der Waals surface area contributed by atoms with Crippen molar-refractivity contribution in [1.82, 2.24) is 14.5 Å². The number of hydrogen-bond donors (Lipinski definition) is 0. The van der Waals surface area contributed by atoms with Crippen LogP contribution in [0.1, 0.15) is 26.3 Å². The van der Waals surface area contributed by atoms with E-state index < -0.39 is 0 Å². The molecule has 30 heavy (non-hydrogen) atoms. The maximum Gasteiger partial charge on any atom is 0.262 e. The molecule has 0 spiro atoms. The summed E-state index contributed by atoms with van der Waals surface area (Å²) in [6.07, 6.45) is 0. The van der Waals surface area contributed by atoms with Crippen molar-refractivity contribution in [2.24, 2.45) is 5.92 Å². The SMILES string of the molecule is CC(C)Cn1c(SC(C)C(=O)N(C)Cc2ccccc2)nc2ccc(Cl)cc2c1=O. The summed E-state index contributed by atoms with van der Waals surface area (Å²) in [7, 11) is 1.80. The summed E-state index contributed by atoms with van der Waals surface area (Å²) in [6, 6.07) is 15.0. The van der Waals surface area contributed by atoms with Gasteiger partial charge in [0.25, 0.3) is 5.56 Å². The minimum absolute atomic E-state index is 0.00889. The number of hydrogen-bond acceptors (Lipinski definition) is 4. The highest BCUT2D eigenvalue weighted by Crippen LogP contribution is 2.25. The van der Waals surface area contributed by atoms with Crippen LogP contribution < -0.4 is 5.56 Å². The lowest BCUT2D eigenvalue weighted by atomic mass is 10.2. The van der Waals surface area contributed by atoms with Gasteiger partial charge < -0.3 is 4.90 Å². The quantitative estimate of drug-likeness (QED) is 0.387. The number of aromatic nitrogens is 2. The van der Waals surface area contributed by atoms with E-state index in [1.165, 1.54) is 11.8 Å². The molecule has 7 heteroatoms. The number of carbonyl (C=O) groups is 1. The Morgan fingerprint density at radius 1 is 1.17 bits per heavy atom. The Morgan fingerprint density at radius 2 is 1.87 bits per heavy atom. The number of halogens is 1. The first-order valence-electron chi connectivity index (χ1n) is 9.92. The highest BCUT2D eigenvalue weighted by atomic mass is 35.5. The standard InChI is InChI=1S/C23H26ClN3O2S/c1-15(2)13-27-22(29)19-12-18(24)10-11-20(19)25-23(27)30-16(3)21(28)26(4)14-17-8-6-5-7-9-17/h5-12,15-16H,13-14H2,1-4H3. The summed E-state index contributed by atoms with van der Waals surface area (Å²) in [6.45, 7) is 7.01. The van der Waals surface area contributed by atoms with Crippen molar-refractivity contribution in [2.75, 3.05) is 7.05 Å². The molecule has 1 aromatic heterocycles. The van der Waals surface area contributed by atoms with E-state index >= 15 is 0 Å². The van der Waals surface area contributed by atoms with E-state index in [1.54, 1.807) is 34.7 Å². The van der Waals surface area contributed by atoms with Gasteiger partial charge in [-0.05, 0) is 36.6 Å². The van der Waals surface area contributed by atoms with Crippen molar-refractivity contribution >= 4 is 40.2 Å². The molecule has 0 saturated carbocycles. The average molecular weight is 444 g/mol. The van der Waals surface area contributed by atoms with Crippen molar-refractivity contribution in [3.05, 3.63) is 69.5 Å². The van der Waals surface area contributed by atoms with Crippen LogP contribution in [0.3, 0.4) is 0 Å². The van der Waals surface area contributed by atoms with E-state index in [0.29, 0.717) is 34.2 Å². The molecule has 0 aliphatic carbocycles. The number of nitrogens with zero attached hydrogens (tertiary/aromatic N) is 3. The summed E-state index contributed by atoms with van der Waals surface area (Å²) in [5, 5.41) is 1.17. The largest absolute Gasteiger partial charge is 0.340 e. The van der Waals surface area contributed by atoms with Gasteiger partial charge in [-0.3, -0.25) is 14.2 Å². The van der Waals surface area contributed by atoms with Crippen LogP contribution in [0.25, 0.3) is 10.9 Å². The fraction of sp³-hybridized carbons (Fsp3) is 0.348. The summed E-state index contributed by atoms with van der Waals surface area (Å²) >= 11 is 7.40. The van der Waals surface area contributed by atoms with Crippen molar-refractivity contribution in [2.45, 2.75) is 44.3 Å². The van der Waals surface area contributed by atoms with Crippen LogP contribution in [0.4, 0.5) is 0 Å². The number of rotatable bonds is 7. The second-order valence-corrected chi connectivity index (χ2v) is 9.55. The molecular weight excluding hydrogens is 418 g/mol. The number of benzene rings is 2. The number of thioether (sulfide) groups is 1. The fourth-order valence-corrected chi connectivity index (χ4v) is 4.45. The molecule has 3 rings (SSSR count). The Labute approximate surface area is 186 Å². The van der Waals surface area contributed by atoms with E-state index in [9.17, 15) is 9.59 Å². The van der Waals surface area contributed by atoms with Crippen LogP contribution in [0.2, 0.25) is 5.02 Å². The second kappa shape index (κ2) is 9.67. The monoisotopic (exact) mass is 443 g/mol. The summed E-state index contributed by atoms with van der Waals surface area (Å²) in [4.78, 5) is 32.5. The predicted molar refractivity (Wildman–Crippen MR) is 124 cm³/mol. The van der Waals surface area contributed by atoms with Gasteiger partial charge in [-0.15, -0.1) is 0 Å². The van der Waals surface area contributed by atoms with E-state index in [2.05, 4.69) is 0 Å². The van der Waals surface area contributed by atoms with Gasteiger partial charge in [0.1, 0.15) is 0 Å². The van der Waals surface area contributed by atoms with Crippen LogP contribution in [0.15, 0.2) is 58.5 Å². The zero-order chi connectivity index (χ0) is 21.8. The van der Waals surface area contributed by atoms with E-state index in [1.807, 2.05) is 51.1 Å². The Balaban J connectivity index is 1.88. The first kappa shape index (κ1) is 22.4. The van der Waals surface area contributed by atoms with Gasteiger partial charge in [0, 0.05) is 25.2 Å². The first-order chi connectivity index (χ1) is 14.3. The molecule has 3 aromatic rings. The molecule has 0 aliphatic rings. The Kier molecular flexibility index (Phi) is 7.21. The minimum atomic E-state index is -0.381. The highest BCUT2D eigenvalue weighted by molar-refractivity contribution is 8.00. The normalized spacial score (nSPS) is 12.3. The molecule has 1 unspecified atom stereocenters. The van der Waals surface area contributed by atoms with Crippen molar-refractivity contribution in [3.63, 3.8) is 0 Å². The molecule has 1 heterocycles. The van der Waals surface area contributed by atoms with Gasteiger partial charge in [0.15, 0.2) is 5.16 Å². The van der Waals surface area contributed by atoms with Crippen molar-refractivity contribution in [3.8, 4) is 0 Å². The topological polar surface area (TPSA) is 55.2 Å². The minimum Gasteiger partial charge on any atom is -0.340 e. The molecule has 0 saturated heterocycles. The smallest absolute Gasteiger partial charge is 0.262 e. The van der Waals surface area contributed by atoms with Crippen LogP contribution in [0.5, 0.6) is 0 Å². The van der Waals surface area contributed by atoms with Gasteiger partial charge in [-0.2, -0.15) is 0 Å². The van der Waals surface area contributed by atoms with Crippen LogP contribution in [-0.4, -0.2) is 32.7 Å². The first-order valence-corrected chi connectivity index (χ1v) is 11.2. The van der Waals surface area contributed by atoms with Crippen LogP contribution in [-0.2, 0) is 17.9 Å². The van der Waals surface area contributed by atoms with Crippen molar-refractivity contribution in [1.29, 1.82) is 0 Å². The maximum atomic E-state index is 13.1. The number of amides is 1. The van der Waals surface area contributed by atoms with E-state index in [4.69, 9.17) is 16.6 Å². The molecule has 0 fully saturated rings. The lowest BCUT2D eigenvalue weighted by Gasteiger charge is -2.22. The Hall–Kier alpha value is -2.31. The average Bonchev–Trinajstić information content (AvgIpc) is 2.71. The van der Waals surface area contributed by atoms with E-state index in [0.717, 1.165) is 5.56 Å². The third-order valence-electron chi connectivity index (χ3n) is 4.70. The molecule has 1 atom stereocenters. The van der Waals surface area contributed by atoms with Gasteiger partial charge in [-0.1, -0.05) is 67.5 Å². The van der Waals surface area contributed by atoms with Crippen LogP contribution >= 0.6 is 23.4 Å². The number of fused-ring (bicyclic) bond motifs is 1. The molecule has 0 bridgehead atoms. The summed E-state index contributed by atoms with van der Waals surface area (Å²) in [5.41, 5.74) is 1.53. The third-order valence-corrected chi connectivity index (χ3v) is 6.01. The van der Waals surface area contributed by atoms with Gasteiger partial charge in [-0.25, -0.2) is 4.98 Å². The second-order valence-electron chi connectivity index (χ2n) is 7.81. The molecule has 158 valence electrons. The zero-order valence-corrected chi connectivity index (χ0v) is 19.2. The fourth-order valence-electron chi connectivity index (χ4n) is 3.24. The van der Waals surface area contributed by atoms with Gasteiger partial charge in [0.2, 0.25) is 5.91 Å². The maximum absolute atomic E-state index is 13.1. The molecular formula is C23H26ClN3O2S. The molecule has 1 amide bonds. The molecule has 0 aliphatic heterocycles.